The van der Waals surface area contributed by atoms with Crippen LogP contribution in [-0.4, -0.2) is 11.1 Å². The first kappa shape index (κ1) is 14.5. The number of aromatic carboxylic acids is 1. The van der Waals surface area contributed by atoms with Gasteiger partial charge in [-0.2, -0.15) is 13.2 Å². The van der Waals surface area contributed by atoms with Crippen molar-refractivity contribution in [3.05, 3.63) is 53.5 Å². The van der Waals surface area contributed by atoms with Gasteiger partial charge in [-0.3, -0.25) is 0 Å². The molecule has 1 aromatic heterocycles. The Kier molecular flexibility index (Phi) is 4.08. The number of thioether (sulfide) groups is 1. The van der Waals surface area contributed by atoms with Crippen LogP contribution in [0, 0.1) is 0 Å². The Labute approximate surface area is 116 Å². The van der Waals surface area contributed by atoms with Crippen molar-refractivity contribution >= 4 is 17.7 Å². The first-order chi connectivity index (χ1) is 9.38. The Hall–Kier alpha value is -1.89. The Morgan fingerprint density at radius 1 is 1.30 bits per heavy atom. The van der Waals surface area contributed by atoms with E-state index in [-0.39, 0.29) is 11.5 Å². The van der Waals surface area contributed by atoms with Crippen molar-refractivity contribution in [1.82, 2.24) is 0 Å². The minimum Gasteiger partial charge on any atom is -0.475 e. The highest BCUT2D eigenvalue weighted by atomic mass is 32.2. The highest BCUT2D eigenvalue weighted by Crippen LogP contribution is 2.33. The third-order valence-corrected chi connectivity index (χ3v) is 3.54. The zero-order chi connectivity index (χ0) is 14.8. The van der Waals surface area contributed by atoms with Crippen molar-refractivity contribution < 1.29 is 27.5 Å². The first-order valence-corrected chi connectivity index (χ1v) is 6.46. The lowest BCUT2D eigenvalue weighted by Gasteiger charge is -2.08. The molecule has 0 unspecified atom stereocenters. The van der Waals surface area contributed by atoms with Crippen molar-refractivity contribution in [3.63, 3.8) is 0 Å². The van der Waals surface area contributed by atoms with Crippen LogP contribution in [-0.2, 0) is 11.9 Å². The van der Waals surface area contributed by atoms with E-state index in [9.17, 15) is 18.0 Å². The summed E-state index contributed by atoms with van der Waals surface area (Å²) in [4.78, 5) is 11.2. The summed E-state index contributed by atoms with van der Waals surface area (Å²) in [6, 6.07) is 6.37. The second-order valence-corrected chi connectivity index (χ2v) is 4.94. The van der Waals surface area contributed by atoms with Gasteiger partial charge in [0.2, 0.25) is 5.76 Å². The smallest absolute Gasteiger partial charge is 0.416 e. The van der Waals surface area contributed by atoms with E-state index >= 15 is 0 Å². The Balaban J connectivity index is 2.11. The molecule has 20 heavy (non-hydrogen) atoms. The lowest BCUT2D eigenvalue weighted by Crippen LogP contribution is -2.04. The number of carboxylic acid groups (broad SMARTS) is 1. The molecular weight excluding hydrogens is 293 g/mol. The van der Waals surface area contributed by atoms with Crippen LogP contribution < -0.4 is 0 Å². The number of rotatable bonds is 4. The van der Waals surface area contributed by atoms with E-state index in [1.165, 1.54) is 18.4 Å². The molecule has 0 bridgehead atoms. The molecule has 0 fully saturated rings. The zero-order valence-electron chi connectivity index (χ0n) is 9.98. The first-order valence-electron chi connectivity index (χ1n) is 5.47. The van der Waals surface area contributed by atoms with Crippen molar-refractivity contribution in [2.24, 2.45) is 0 Å². The van der Waals surface area contributed by atoms with Gasteiger partial charge in [-0.25, -0.2) is 4.79 Å². The standard InChI is InChI=1S/C13H9F3O3S/c14-13(15,16)9-2-1-3-10(6-9)20-7-8-4-5-19-11(8)12(17)18/h1-6H,7H2,(H,17,18). The van der Waals surface area contributed by atoms with Gasteiger partial charge in [0.25, 0.3) is 0 Å². The summed E-state index contributed by atoms with van der Waals surface area (Å²) in [6.07, 6.45) is -3.15. The van der Waals surface area contributed by atoms with E-state index in [0.29, 0.717) is 10.5 Å². The van der Waals surface area contributed by atoms with E-state index in [1.54, 1.807) is 6.07 Å². The predicted molar refractivity (Wildman–Crippen MR) is 66.7 cm³/mol. The molecule has 1 N–H and O–H groups in total. The molecule has 0 atom stereocenters. The molecule has 0 aliphatic carbocycles. The third kappa shape index (κ3) is 3.36. The summed E-state index contributed by atoms with van der Waals surface area (Å²) < 4.78 is 42.4. The summed E-state index contributed by atoms with van der Waals surface area (Å²) in [6.45, 7) is 0. The quantitative estimate of drug-likeness (QED) is 0.856. The minimum atomic E-state index is -4.39. The van der Waals surface area contributed by atoms with Gasteiger partial charge in [0, 0.05) is 16.2 Å². The highest BCUT2D eigenvalue weighted by molar-refractivity contribution is 7.98. The molecule has 0 amide bonds. The van der Waals surface area contributed by atoms with Gasteiger partial charge < -0.3 is 9.52 Å². The number of carboxylic acids is 1. The van der Waals surface area contributed by atoms with Crippen molar-refractivity contribution in [1.29, 1.82) is 0 Å². The predicted octanol–water partition coefficient (Wildman–Crippen LogP) is 4.29. The summed E-state index contributed by atoms with van der Waals surface area (Å²) in [5.74, 6) is -1.17. The molecule has 0 saturated carbocycles. The van der Waals surface area contributed by atoms with Crippen LogP contribution in [0.25, 0.3) is 0 Å². The fourth-order valence-corrected chi connectivity index (χ4v) is 2.49. The molecule has 0 spiro atoms. The lowest BCUT2D eigenvalue weighted by molar-refractivity contribution is -0.137. The van der Waals surface area contributed by atoms with E-state index in [1.807, 2.05) is 0 Å². The maximum atomic E-state index is 12.5. The number of alkyl halides is 3. The fourth-order valence-electron chi connectivity index (χ4n) is 1.56. The van der Waals surface area contributed by atoms with Crippen LogP contribution in [0.5, 0.6) is 0 Å². The number of halogens is 3. The van der Waals surface area contributed by atoms with E-state index < -0.39 is 17.7 Å². The summed E-state index contributed by atoms with van der Waals surface area (Å²) in [5.41, 5.74) is -0.298. The number of furan rings is 1. The molecule has 2 aromatic rings. The topological polar surface area (TPSA) is 50.4 Å². The molecule has 3 nitrogen and oxygen atoms in total. The van der Waals surface area contributed by atoms with Gasteiger partial charge in [-0.05, 0) is 24.3 Å². The lowest BCUT2D eigenvalue weighted by atomic mass is 10.2. The second-order valence-electron chi connectivity index (χ2n) is 3.89. The molecule has 0 aliphatic rings. The van der Waals surface area contributed by atoms with Crippen LogP contribution in [0.3, 0.4) is 0 Å². The average molecular weight is 302 g/mol. The summed E-state index contributed by atoms with van der Waals surface area (Å²) in [5, 5.41) is 8.85. The van der Waals surface area contributed by atoms with Crippen LogP contribution in [0.4, 0.5) is 13.2 Å². The second kappa shape index (κ2) is 5.62. The van der Waals surface area contributed by atoms with Crippen LogP contribution in [0.2, 0.25) is 0 Å². The van der Waals surface area contributed by atoms with E-state index in [2.05, 4.69) is 0 Å². The van der Waals surface area contributed by atoms with Gasteiger partial charge in [-0.15, -0.1) is 11.8 Å². The number of hydrogen-bond acceptors (Lipinski definition) is 3. The van der Waals surface area contributed by atoms with E-state index in [0.717, 1.165) is 23.9 Å². The molecule has 1 aromatic carbocycles. The fraction of sp³-hybridized carbons (Fsp3) is 0.154. The van der Waals surface area contributed by atoms with Crippen LogP contribution >= 0.6 is 11.8 Å². The van der Waals surface area contributed by atoms with Crippen LogP contribution in [0.15, 0.2) is 45.9 Å². The van der Waals surface area contributed by atoms with Gasteiger partial charge in [-0.1, -0.05) is 6.07 Å². The maximum absolute atomic E-state index is 12.5. The zero-order valence-corrected chi connectivity index (χ0v) is 10.8. The van der Waals surface area contributed by atoms with Crippen molar-refractivity contribution in [2.75, 3.05) is 0 Å². The highest BCUT2D eigenvalue weighted by Gasteiger charge is 2.30. The third-order valence-electron chi connectivity index (χ3n) is 2.50. The van der Waals surface area contributed by atoms with E-state index in [4.69, 9.17) is 9.52 Å². The normalized spacial score (nSPS) is 11.6. The summed E-state index contributed by atoms with van der Waals surface area (Å²) >= 11 is 1.12. The number of benzene rings is 1. The molecule has 0 aliphatic heterocycles. The molecular formula is C13H9F3O3S. The maximum Gasteiger partial charge on any atom is 0.416 e. The Bertz CT molecular complexity index is 619. The van der Waals surface area contributed by atoms with Gasteiger partial charge in [0.1, 0.15) is 0 Å². The monoisotopic (exact) mass is 302 g/mol. The minimum absolute atomic E-state index is 0.190. The van der Waals surface area contributed by atoms with Gasteiger partial charge in [0.05, 0.1) is 11.8 Å². The molecule has 0 radical (unpaired) electrons. The Morgan fingerprint density at radius 2 is 2.05 bits per heavy atom. The largest absolute Gasteiger partial charge is 0.475 e. The SMILES string of the molecule is O=C(O)c1occc1CSc1cccc(C(F)(F)F)c1. The molecule has 7 heteroatoms. The van der Waals surface area contributed by atoms with Crippen LogP contribution in [0.1, 0.15) is 21.7 Å². The molecule has 2 rings (SSSR count). The summed E-state index contributed by atoms with van der Waals surface area (Å²) in [7, 11) is 0. The number of hydrogen-bond donors (Lipinski definition) is 1. The van der Waals surface area contributed by atoms with Crippen molar-refractivity contribution in [3.8, 4) is 0 Å². The Morgan fingerprint density at radius 3 is 2.70 bits per heavy atom. The van der Waals surface area contributed by atoms with Crippen molar-refractivity contribution in [2.45, 2.75) is 16.8 Å². The molecule has 1 heterocycles. The molecule has 0 saturated heterocycles. The van der Waals surface area contributed by atoms with Gasteiger partial charge in [0.15, 0.2) is 0 Å². The average Bonchev–Trinajstić information content (AvgIpc) is 2.84. The van der Waals surface area contributed by atoms with Gasteiger partial charge >= 0.3 is 12.1 Å². The molecule has 106 valence electrons. The number of carbonyl (C=O) groups is 1.